The van der Waals surface area contributed by atoms with Crippen LogP contribution in [0.25, 0.3) is 0 Å². The average Bonchev–Trinajstić information content (AvgIpc) is 2.62. The molecule has 0 spiro atoms. The van der Waals surface area contributed by atoms with Gasteiger partial charge in [0.05, 0.1) is 5.56 Å². The Morgan fingerprint density at radius 1 is 1.11 bits per heavy atom. The zero-order valence-electron chi connectivity index (χ0n) is 15.0. The van der Waals surface area contributed by atoms with Gasteiger partial charge in [-0.15, -0.1) is 0 Å². The summed E-state index contributed by atoms with van der Waals surface area (Å²) in [5.41, 5.74) is 0.255. The fourth-order valence-corrected chi connectivity index (χ4v) is 2.39. The zero-order valence-corrected chi connectivity index (χ0v) is 15.0. The van der Waals surface area contributed by atoms with Gasteiger partial charge >= 0.3 is 12.3 Å². The molecule has 2 aromatic carbocycles. The van der Waals surface area contributed by atoms with Crippen LogP contribution < -0.4 is 10.1 Å². The Bertz CT molecular complexity index is 720. The lowest BCUT2D eigenvalue weighted by molar-refractivity contribution is -0.137. The van der Waals surface area contributed by atoms with Crippen molar-refractivity contribution < 1.29 is 27.4 Å². The molecule has 0 radical (unpaired) electrons. The first-order chi connectivity index (χ1) is 12.9. The second kappa shape index (κ2) is 9.85. The molecule has 0 aromatic heterocycles. The third-order valence-electron chi connectivity index (χ3n) is 3.72. The number of carbonyl (C=O) groups is 1. The molecule has 0 aliphatic carbocycles. The van der Waals surface area contributed by atoms with Crippen molar-refractivity contribution >= 4 is 6.09 Å². The highest BCUT2D eigenvalue weighted by atomic mass is 19.4. The van der Waals surface area contributed by atoms with Gasteiger partial charge in [0.2, 0.25) is 6.29 Å². The minimum atomic E-state index is -4.46. The molecule has 0 saturated carbocycles. The highest BCUT2D eigenvalue weighted by molar-refractivity contribution is 5.67. The van der Waals surface area contributed by atoms with Crippen molar-refractivity contribution in [1.82, 2.24) is 5.32 Å². The maximum atomic E-state index is 12.8. The van der Waals surface area contributed by atoms with E-state index >= 15 is 0 Å². The molecule has 146 valence electrons. The van der Waals surface area contributed by atoms with Gasteiger partial charge < -0.3 is 14.8 Å². The Labute approximate surface area is 156 Å². The highest BCUT2D eigenvalue weighted by Crippen LogP contribution is 2.31. The second-order valence-electron chi connectivity index (χ2n) is 5.93. The van der Waals surface area contributed by atoms with E-state index in [1.165, 1.54) is 12.1 Å². The summed E-state index contributed by atoms with van der Waals surface area (Å²) in [6.45, 7) is 2.24. The Balaban J connectivity index is 1.88. The first-order valence-corrected chi connectivity index (χ1v) is 8.71. The van der Waals surface area contributed by atoms with E-state index in [4.69, 9.17) is 9.47 Å². The molecule has 4 nitrogen and oxygen atoms in total. The molecule has 27 heavy (non-hydrogen) atoms. The number of alkyl carbamates (subject to hydrolysis) is 1. The first-order valence-electron chi connectivity index (χ1n) is 8.71. The van der Waals surface area contributed by atoms with Crippen LogP contribution in [0, 0.1) is 0 Å². The van der Waals surface area contributed by atoms with Crippen LogP contribution in [-0.4, -0.2) is 18.9 Å². The van der Waals surface area contributed by atoms with Crippen molar-refractivity contribution in [2.24, 2.45) is 0 Å². The maximum Gasteiger partial charge on any atom is 0.416 e. The van der Waals surface area contributed by atoms with Gasteiger partial charge in [-0.05, 0) is 36.6 Å². The van der Waals surface area contributed by atoms with E-state index in [2.05, 4.69) is 5.32 Å². The molecule has 0 aliphatic rings. The van der Waals surface area contributed by atoms with Gasteiger partial charge in [0.15, 0.2) is 0 Å². The fourth-order valence-electron chi connectivity index (χ4n) is 2.39. The summed E-state index contributed by atoms with van der Waals surface area (Å²) in [6.07, 6.45) is -4.45. The van der Waals surface area contributed by atoms with Crippen molar-refractivity contribution in [2.45, 2.75) is 38.7 Å². The number of benzene rings is 2. The summed E-state index contributed by atoms with van der Waals surface area (Å²) in [7, 11) is 0. The predicted molar refractivity (Wildman–Crippen MR) is 95.4 cm³/mol. The normalized spacial score (nSPS) is 12.3. The third kappa shape index (κ3) is 7.21. The van der Waals surface area contributed by atoms with Crippen LogP contribution >= 0.6 is 0 Å². The van der Waals surface area contributed by atoms with Crippen LogP contribution in [0.2, 0.25) is 0 Å². The fraction of sp³-hybridized carbons (Fsp3) is 0.350. The number of halogens is 3. The lowest BCUT2D eigenvalue weighted by atomic mass is 10.1. The Hall–Kier alpha value is -2.70. The molecular weight excluding hydrogens is 359 g/mol. The van der Waals surface area contributed by atoms with Crippen LogP contribution in [0.5, 0.6) is 5.75 Å². The summed E-state index contributed by atoms with van der Waals surface area (Å²) in [6, 6.07) is 14.1. The predicted octanol–water partition coefficient (Wildman–Crippen LogP) is 5.18. The molecule has 1 amide bonds. The van der Waals surface area contributed by atoms with Crippen LogP contribution in [0.4, 0.5) is 18.0 Å². The molecule has 0 fully saturated rings. The van der Waals surface area contributed by atoms with Crippen molar-refractivity contribution in [1.29, 1.82) is 0 Å². The molecule has 7 heteroatoms. The molecular formula is C20H22F3NO3. The van der Waals surface area contributed by atoms with E-state index in [1.807, 2.05) is 37.3 Å². The van der Waals surface area contributed by atoms with Crippen LogP contribution in [-0.2, 0) is 17.3 Å². The van der Waals surface area contributed by atoms with Crippen LogP contribution in [0.1, 0.15) is 30.9 Å². The van der Waals surface area contributed by atoms with Gasteiger partial charge in [-0.3, -0.25) is 0 Å². The van der Waals surface area contributed by atoms with E-state index < -0.39 is 24.1 Å². The van der Waals surface area contributed by atoms with E-state index in [0.29, 0.717) is 25.8 Å². The van der Waals surface area contributed by atoms with E-state index in [-0.39, 0.29) is 5.75 Å². The number of carbonyl (C=O) groups excluding carboxylic acids is 1. The highest BCUT2D eigenvalue weighted by Gasteiger charge is 2.31. The van der Waals surface area contributed by atoms with Crippen molar-refractivity contribution in [3.63, 3.8) is 0 Å². The number of amides is 1. The summed E-state index contributed by atoms with van der Waals surface area (Å²) in [4.78, 5) is 11.9. The minimum absolute atomic E-state index is 0.000334. The zero-order chi connectivity index (χ0) is 19.7. The Morgan fingerprint density at radius 2 is 1.85 bits per heavy atom. The molecule has 0 bridgehead atoms. The van der Waals surface area contributed by atoms with Gasteiger partial charge in [0.25, 0.3) is 0 Å². The summed E-state index contributed by atoms with van der Waals surface area (Å²) in [5.74, 6) is 0.000334. The topological polar surface area (TPSA) is 47.6 Å². The average molecular weight is 381 g/mol. The Morgan fingerprint density at radius 3 is 2.52 bits per heavy atom. The number of hydrogen-bond acceptors (Lipinski definition) is 3. The SMILES string of the molecule is CCCC(OC(=O)NCCc1ccccc1)Oc1cccc(C(F)(F)F)c1. The molecule has 2 aromatic rings. The Kier molecular flexibility index (Phi) is 7.52. The number of ether oxygens (including phenoxy) is 2. The molecule has 1 N–H and O–H groups in total. The third-order valence-corrected chi connectivity index (χ3v) is 3.72. The first kappa shape index (κ1) is 20.6. The van der Waals surface area contributed by atoms with Crippen LogP contribution in [0.15, 0.2) is 54.6 Å². The van der Waals surface area contributed by atoms with E-state index in [9.17, 15) is 18.0 Å². The largest absolute Gasteiger partial charge is 0.455 e. The molecule has 0 heterocycles. The van der Waals surface area contributed by atoms with Gasteiger partial charge in [-0.1, -0.05) is 43.3 Å². The molecule has 0 aliphatic heterocycles. The van der Waals surface area contributed by atoms with Gasteiger partial charge in [0, 0.05) is 13.0 Å². The summed E-state index contributed by atoms with van der Waals surface area (Å²) in [5, 5.41) is 2.62. The monoisotopic (exact) mass is 381 g/mol. The van der Waals surface area contributed by atoms with Crippen molar-refractivity contribution in [3.8, 4) is 5.75 Å². The standard InChI is InChI=1S/C20H22F3NO3/c1-2-7-18(26-17-11-6-10-16(14-17)20(21,22)23)27-19(25)24-13-12-15-8-4-3-5-9-15/h3-6,8-11,14,18H,2,7,12-13H2,1H3,(H,24,25). The molecule has 1 unspecified atom stereocenters. The summed E-state index contributed by atoms with van der Waals surface area (Å²) >= 11 is 0. The summed E-state index contributed by atoms with van der Waals surface area (Å²) < 4.78 is 49.0. The number of nitrogens with one attached hydrogen (secondary N) is 1. The maximum absolute atomic E-state index is 12.8. The second-order valence-corrected chi connectivity index (χ2v) is 5.93. The molecule has 1 atom stereocenters. The van der Waals surface area contributed by atoms with Crippen LogP contribution in [0.3, 0.4) is 0 Å². The van der Waals surface area contributed by atoms with Gasteiger partial charge in [-0.2, -0.15) is 13.2 Å². The van der Waals surface area contributed by atoms with Gasteiger partial charge in [-0.25, -0.2) is 4.79 Å². The number of hydrogen-bond donors (Lipinski definition) is 1. The number of rotatable bonds is 8. The quantitative estimate of drug-likeness (QED) is 0.641. The van der Waals surface area contributed by atoms with Gasteiger partial charge in [0.1, 0.15) is 5.75 Å². The molecule has 0 saturated heterocycles. The lowest BCUT2D eigenvalue weighted by Crippen LogP contribution is -2.33. The van der Waals surface area contributed by atoms with Crippen molar-refractivity contribution in [2.75, 3.05) is 6.54 Å². The minimum Gasteiger partial charge on any atom is -0.455 e. The lowest BCUT2D eigenvalue weighted by Gasteiger charge is -2.20. The molecule has 2 rings (SSSR count). The van der Waals surface area contributed by atoms with E-state index in [1.54, 1.807) is 0 Å². The number of alkyl halides is 3. The van der Waals surface area contributed by atoms with E-state index in [0.717, 1.165) is 17.7 Å². The van der Waals surface area contributed by atoms with Crippen molar-refractivity contribution in [3.05, 3.63) is 65.7 Å². The smallest absolute Gasteiger partial charge is 0.416 e.